The smallest absolute Gasteiger partial charge is 0.145 e. The number of hydrogen-bond acceptors (Lipinski definition) is 4. The summed E-state index contributed by atoms with van der Waals surface area (Å²) in [6, 6.07) is 8.41. The maximum absolute atomic E-state index is 4.57. The number of halogens is 1. The Morgan fingerprint density at radius 3 is 2.83 bits per heavy atom. The molecule has 1 aromatic heterocycles. The van der Waals surface area contributed by atoms with Gasteiger partial charge in [-0.05, 0) is 31.5 Å². The number of benzene rings is 1. The highest BCUT2D eigenvalue weighted by atomic mass is 35.5. The first-order chi connectivity index (χ1) is 8.42. The standard InChI is InChI=1S/C13H16N4.ClH/c1-2-6-12-11(5-1)15-9-13(17-12)16-10-4-3-7-14-8-10;/h1-2,5-6,9-10,14H,3-4,7-8H2,(H,16,17);1H. The minimum absolute atomic E-state index is 0. The van der Waals surface area contributed by atoms with Gasteiger partial charge in [-0.2, -0.15) is 0 Å². The van der Waals surface area contributed by atoms with Crippen LogP contribution >= 0.6 is 12.4 Å². The predicted molar refractivity (Wildman–Crippen MR) is 76.3 cm³/mol. The van der Waals surface area contributed by atoms with E-state index in [0.717, 1.165) is 29.9 Å². The summed E-state index contributed by atoms with van der Waals surface area (Å²) in [6.45, 7) is 2.14. The van der Waals surface area contributed by atoms with Crippen LogP contribution in [-0.2, 0) is 0 Å². The van der Waals surface area contributed by atoms with Crippen molar-refractivity contribution in [3.8, 4) is 0 Å². The molecule has 0 radical (unpaired) electrons. The van der Waals surface area contributed by atoms with Gasteiger partial charge >= 0.3 is 0 Å². The molecule has 1 fully saturated rings. The zero-order chi connectivity index (χ0) is 11.5. The molecule has 18 heavy (non-hydrogen) atoms. The highest BCUT2D eigenvalue weighted by molar-refractivity contribution is 5.85. The third-order valence-electron chi connectivity index (χ3n) is 3.10. The molecule has 1 aliphatic heterocycles. The number of fused-ring (bicyclic) bond motifs is 1. The quantitative estimate of drug-likeness (QED) is 0.873. The van der Waals surface area contributed by atoms with Gasteiger partial charge in [0.05, 0.1) is 17.2 Å². The molecule has 0 bridgehead atoms. The molecule has 5 heteroatoms. The molecular weight excluding hydrogens is 248 g/mol. The van der Waals surface area contributed by atoms with Crippen molar-refractivity contribution >= 4 is 29.3 Å². The second kappa shape index (κ2) is 5.98. The lowest BCUT2D eigenvalue weighted by Gasteiger charge is -2.24. The molecule has 2 heterocycles. The second-order valence-electron chi connectivity index (χ2n) is 4.43. The van der Waals surface area contributed by atoms with Crippen LogP contribution in [0.15, 0.2) is 30.5 Å². The summed E-state index contributed by atoms with van der Waals surface area (Å²) in [5.41, 5.74) is 1.89. The Hall–Kier alpha value is -1.39. The molecule has 1 aromatic carbocycles. The van der Waals surface area contributed by atoms with Crippen LogP contribution in [0.2, 0.25) is 0 Å². The summed E-state index contributed by atoms with van der Waals surface area (Å²) >= 11 is 0. The van der Waals surface area contributed by atoms with Crippen molar-refractivity contribution in [1.82, 2.24) is 15.3 Å². The minimum Gasteiger partial charge on any atom is -0.365 e. The fraction of sp³-hybridized carbons (Fsp3) is 0.385. The van der Waals surface area contributed by atoms with Crippen LogP contribution in [0.4, 0.5) is 5.82 Å². The average molecular weight is 265 g/mol. The van der Waals surface area contributed by atoms with E-state index in [4.69, 9.17) is 0 Å². The molecule has 1 aliphatic rings. The zero-order valence-corrected chi connectivity index (χ0v) is 10.9. The fourth-order valence-electron chi connectivity index (χ4n) is 2.21. The number of para-hydroxylation sites is 2. The van der Waals surface area contributed by atoms with Crippen LogP contribution in [0, 0.1) is 0 Å². The first kappa shape index (κ1) is 13.1. The Bertz CT molecular complexity index is 511. The van der Waals surface area contributed by atoms with Crippen LogP contribution in [0.5, 0.6) is 0 Å². The Morgan fingerprint density at radius 1 is 1.22 bits per heavy atom. The largest absolute Gasteiger partial charge is 0.365 e. The van der Waals surface area contributed by atoms with Crippen molar-refractivity contribution in [2.24, 2.45) is 0 Å². The lowest BCUT2D eigenvalue weighted by Crippen LogP contribution is -2.38. The first-order valence-corrected chi connectivity index (χ1v) is 6.11. The summed E-state index contributed by atoms with van der Waals surface area (Å²) in [5.74, 6) is 0.873. The van der Waals surface area contributed by atoms with E-state index in [0.29, 0.717) is 6.04 Å². The summed E-state index contributed by atoms with van der Waals surface area (Å²) in [6.07, 6.45) is 4.23. The van der Waals surface area contributed by atoms with Crippen molar-refractivity contribution in [3.63, 3.8) is 0 Å². The zero-order valence-electron chi connectivity index (χ0n) is 10.1. The van der Waals surface area contributed by atoms with Gasteiger partial charge < -0.3 is 10.6 Å². The van der Waals surface area contributed by atoms with Crippen LogP contribution in [0.25, 0.3) is 11.0 Å². The number of nitrogens with zero attached hydrogens (tertiary/aromatic N) is 2. The fourth-order valence-corrected chi connectivity index (χ4v) is 2.21. The summed E-state index contributed by atoms with van der Waals surface area (Å²) < 4.78 is 0. The maximum Gasteiger partial charge on any atom is 0.145 e. The Labute approximate surface area is 113 Å². The van der Waals surface area contributed by atoms with Crippen LogP contribution in [0.1, 0.15) is 12.8 Å². The molecule has 0 spiro atoms. The van der Waals surface area contributed by atoms with E-state index in [2.05, 4.69) is 20.6 Å². The number of hydrogen-bond donors (Lipinski definition) is 2. The van der Waals surface area contributed by atoms with Crippen molar-refractivity contribution in [2.75, 3.05) is 18.4 Å². The van der Waals surface area contributed by atoms with Gasteiger partial charge in [0.2, 0.25) is 0 Å². The molecule has 2 N–H and O–H groups in total. The van der Waals surface area contributed by atoms with Gasteiger partial charge in [-0.25, -0.2) is 4.98 Å². The van der Waals surface area contributed by atoms with Gasteiger partial charge in [-0.15, -0.1) is 12.4 Å². The summed E-state index contributed by atoms with van der Waals surface area (Å²) in [7, 11) is 0. The molecule has 3 rings (SSSR count). The minimum atomic E-state index is 0. The normalized spacial score (nSPS) is 19.2. The summed E-state index contributed by atoms with van der Waals surface area (Å²) in [5, 5.41) is 6.82. The lowest BCUT2D eigenvalue weighted by atomic mass is 10.1. The van der Waals surface area contributed by atoms with E-state index < -0.39 is 0 Å². The number of anilines is 1. The third kappa shape index (κ3) is 2.89. The first-order valence-electron chi connectivity index (χ1n) is 6.11. The van der Waals surface area contributed by atoms with Crippen LogP contribution < -0.4 is 10.6 Å². The van der Waals surface area contributed by atoms with Gasteiger partial charge in [-0.3, -0.25) is 4.98 Å². The molecule has 1 saturated heterocycles. The third-order valence-corrected chi connectivity index (χ3v) is 3.10. The van der Waals surface area contributed by atoms with Crippen molar-refractivity contribution in [3.05, 3.63) is 30.5 Å². The van der Waals surface area contributed by atoms with E-state index >= 15 is 0 Å². The van der Waals surface area contributed by atoms with Gasteiger partial charge in [0.1, 0.15) is 5.82 Å². The van der Waals surface area contributed by atoms with Gasteiger partial charge in [0.15, 0.2) is 0 Å². The average Bonchev–Trinajstić information content (AvgIpc) is 2.40. The van der Waals surface area contributed by atoms with Crippen LogP contribution in [-0.4, -0.2) is 29.1 Å². The number of rotatable bonds is 2. The van der Waals surface area contributed by atoms with Gasteiger partial charge in [0, 0.05) is 12.6 Å². The van der Waals surface area contributed by atoms with Crippen molar-refractivity contribution in [2.45, 2.75) is 18.9 Å². The van der Waals surface area contributed by atoms with Crippen molar-refractivity contribution in [1.29, 1.82) is 0 Å². The Balaban J connectivity index is 0.00000120. The van der Waals surface area contributed by atoms with Crippen LogP contribution in [0.3, 0.4) is 0 Å². The number of piperidine rings is 1. The molecule has 96 valence electrons. The molecule has 4 nitrogen and oxygen atoms in total. The van der Waals surface area contributed by atoms with E-state index in [1.807, 2.05) is 30.5 Å². The molecule has 0 amide bonds. The Morgan fingerprint density at radius 2 is 2.06 bits per heavy atom. The molecule has 2 aromatic rings. The molecule has 0 saturated carbocycles. The molecular formula is C13H17ClN4. The summed E-state index contributed by atoms with van der Waals surface area (Å²) in [4.78, 5) is 8.97. The second-order valence-corrected chi connectivity index (χ2v) is 4.43. The topological polar surface area (TPSA) is 49.8 Å². The van der Waals surface area contributed by atoms with Gasteiger partial charge in [0.25, 0.3) is 0 Å². The predicted octanol–water partition coefficient (Wildman–Crippen LogP) is 2.22. The number of nitrogens with one attached hydrogen (secondary N) is 2. The molecule has 0 aliphatic carbocycles. The molecule has 1 unspecified atom stereocenters. The number of aromatic nitrogens is 2. The highest BCUT2D eigenvalue weighted by Gasteiger charge is 2.13. The lowest BCUT2D eigenvalue weighted by molar-refractivity contribution is 0.479. The van der Waals surface area contributed by atoms with E-state index in [1.165, 1.54) is 12.8 Å². The Kier molecular flexibility index (Phi) is 4.33. The monoisotopic (exact) mass is 264 g/mol. The van der Waals surface area contributed by atoms with E-state index in [9.17, 15) is 0 Å². The molecule has 1 atom stereocenters. The SMILES string of the molecule is Cl.c1ccc2nc(NC3CCCNC3)cnc2c1. The maximum atomic E-state index is 4.57. The van der Waals surface area contributed by atoms with Gasteiger partial charge in [-0.1, -0.05) is 12.1 Å². The van der Waals surface area contributed by atoms with E-state index in [1.54, 1.807) is 0 Å². The van der Waals surface area contributed by atoms with Crippen molar-refractivity contribution < 1.29 is 0 Å². The highest BCUT2D eigenvalue weighted by Crippen LogP contribution is 2.13. The van der Waals surface area contributed by atoms with E-state index in [-0.39, 0.29) is 12.4 Å².